The molecular formula is C12H22N4O2S. The minimum absolute atomic E-state index is 0.178. The molecule has 6 nitrogen and oxygen atoms in total. The minimum Gasteiger partial charge on any atom is -0.329 e. The van der Waals surface area contributed by atoms with Gasteiger partial charge in [-0.2, -0.15) is 9.40 Å². The molecule has 1 aromatic rings. The van der Waals surface area contributed by atoms with Crippen LogP contribution in [0.5, 0.6) is 0 Å². The van der Waals surface area contributed by atoms with E-state index in [1.54, 1.807) is 6.08 Å². The average Bonchev–Trinajstić information content (AvgIpc) is 2.74. The van der Waals surface area contributed by atoms with E-state index in [4.69, 9.17) is 5.73 Å². The second-order valence-corrected chi connectivity index (χ2v) is 7.09. The summed E-state index contributed by atoms with van der Waals surface area (Å²) in [5.74, 6) is 0. The molecule has 19 heavy (non-hydrogen) atoms. The highest BCUT2D eigenvalue weighted by Crippen LogP contribution is 2.23. The summed E-state index contributed by atoms with van der Waals surface area (Å²) in [6.07, 6.45) is 4.43. The van der Waals surface area contributed by atoms with Crippen molar-refractivity contribution in [2.24, 2.45) is 5.73 Å². The van der Waals surface area contributed by atoms with Crippen LogP contribution in [0.2, 0.25) is 0 Å². The van der Waals surface area contributed by atoms with Crippen LogP contribution in [0.15, 0.2) is 29.9 Å². The van der Waals surface area contributed by atoms with E-state index in [-0.39, 0.29) is 11.4 Å². The van der Waals surface area contributed by atoms with E-state index in [9.17, 15) is 8.42 Å². The minimum atomic E-state index is -3.58. The molecule has 0 saturated carbocycles. The van der Waals surface area contributed by atoms with Gasteiger partial charge in [-0.15, -0.1) is 6.58 Å². The molecule has 2 N–H and O–H groups in total. The molecule has 0 fully saturated rings. The summed E-state index contributed by atoms with van der Waals surface area (Å²) in [4.78, 5) is 0.178. The fraction of sp³-hybridized carbons (Fsp3) is 0.583. The average molecular weight is 286 g/mol. The van der Waals surface area contributed by atoms with Crippen molar-refractivity contribution in [2.75, 3.05) is 13.1 Å². The molecule has 0 atom stereocenters. The molecule has 108 valence electrons. The quantitative estimate of drug-likeness (QED) is 0.785. The number of hydrogen-bond acceptors (Lipinski definition) is 4. The van der Waals surface area contributed by atoms with Gasteiger partial charge in [0.15, 0.2) is 0 Å². The van der Waals surface area contributed by atoms with Crippen LogP contribution < -0.4 is 5.73 Å². The third-order valence-corrected chi connectivity index (χ3v) is 4.68. The Morgan fingerprint density at radius 1 is 1.53 bits per heavy atom. The molecule has 0 aromatic carbocycles. The van der Waals surface area contributed by atoms with Crippen molar-refractivity contribution >= 4 is 10.0 Å². The zero-order valence-corrected chi connectivity index (χ0v) is 12.5. The van der Waals surface area contributed by atoms with Crippen molar-refractivity contribution < 1.29 is 8.42 Å². The van der Waals surface area contributed by atoms with E-state index in [2.05, 4.69) is 11.7 Å². The SMILES string of the molecule is C=CCN(C(C)(C)C)S(=O)(=O)c1cnn(CCN)c1. The van der Waals surface area contributed by atoms with E-state index in [0.717, 1.165) is 0 Å². The lowest BCUT2D eigenvalue weighted by atomic mass is 10.1. The van der Waals surface area contributed by atoms with Gasteiger partial charge >= 0.3 is 0 Å². The van der Waals surface area contributed by atoms with Crippen LogP contribution in [-0.2, 0) is 16.6 Å². The van der Waals surface area contributed by atoms with Gasteiger partial charge in [0.25, 0.3) is 0 Å². The van der Waals surface area contributed by atoms with Gasteiger partial charge in [-0.25, -0.2) is 8.42 Å². The number of nitrogens with two attached hydrogens (primary N) is 1. The standard InChI is InChI=1S/C12H22N4O2S/c1-5-7-16(12(2,3)4)19(17,18)11-9-14-15(10-11)8-6-13/h5,9-10H,1,6-8,13H2,2-4H3. The number of hydrogen-bond donors (Lipinski definition) is 1. The Labute approximate surface area is 114 Å². The summed E-state index contributed by atoms with van der Waals surface area (Å²) < 4.78 is 28.1. The molecule has 0 unspecified atom stereocenters. The number of rotatable bonds is 6. The first-order valence-corrected chi connectivity index (χ1v) is 7.53. The first-order chi connectivity index (χ1) is 8.73. The van der Waals surface area contributed by atoms with Crippen LogP contribution in [-0.4, -0.2) is 41.1 Å². The van der Waals surface area contributed by atoms with Gasteiger partial charge in [-0.3, -0.25) is 4.68 Å². The molecule has 0 radical (unpaired) electrons. The van der Waals surface area contributed by atoms with E-state index < -0.39 is 15.6 Å². The van der Waals surface area contributed by atoms with Gasteiger partial charge in [-0.1, -0.05) is 6.08 Å². The molecule has 7 heteroatoms. The normalized spacial score (nSPS) is 12.9. The molecular weight excluding hydrogens is 264 g/mol. The maximum atomic E-state index is 12.6. The maximum Gasteiger partial charge on any atom is 0.246 e. The van der Waals surface area contributed by atoms with E-state index >= 15 is 0 Å². The van der Waals surface area contributed by atoms with Gasteiger partial charge in [0.2, 0.25) is 10.0 Å². The first kappa shape index (κ1) is 15.9. The Kier molecular flexibility index (Phi) is 4.89. The molecule has 1 heterocycles. The van der Waals surface area contributed by atoms with E-state index in [0.29, 0.717) is 13.1 Å². The van der Waals surface area contributed by atoms with Crippen molar-refractivity contribution in [3.05, 3.63) is 25.0 Å². The summed E-state index contributed by atoms with van der Waals surface area (Å²) in [6.45, 7) is 10.3. The van der Waals surface area contributed by atoms with Crippen LogP contribution in [0.3, 0.4) is 0 Å². The molecule has 0 spiro atoms. The van der Waals surface area contributed by atoms with Crippen molar-refractivity contribution in [1.29, 1.82) is 0 Å². The molecule has 0 aliphatic heterocycles. The summed E-state index contributed by atoms with van der Waals surface area (Å²) in [6, 6.07) is 0. The van der Waals surface area contributed by atoms with Gasteiger partial charge in [0.1, 0.15) is 4.90 Å². The predicted octanol–water partition coefficient (Wildman–Crippen LogP) is 0.817. The van der Waals surface area contributed by atoms with Gasteiger partial charge in [0, 0.05) is 24.8 Å². The second-order valence-electron chi connectivity index (χ2n) is 5.22. The molecule has 1 rings (SSSR count). The number of sulfonamides is 1. The van der Waals surface area contributed by atoms with Crippen LogP contribution in [0.25, 0.3) is 0 Å². The largest absolute Gasteiger partial charge is 0.329 e. The van der Waals surface area contributed by atoms with Crippen molar-refractivity contribution in [1.82, 2.24) is 14.1 Å². The van der Waals surface area contributed by atoms with Gasteiger partial charge in [-0.05, 0) is 20.8 Å². The highest BCUT2D eigenvalue weighted by atomic mass is 32.2. The number of aromatic nitrogens is 2. The lowest BCUT2D eigenvalue weighted by molar-refractivity contribution is 0.270. The highest BCUT2D eigenvalue weighted by Gasteiger charge is 2.33. The Morgan fingerprint density at radius 2 is 2.16 bits per heavy atom. The van der Waals surface area contributed by atoms with Crippen LogP contribution >= 0.6 is 0 Å². The van der Waals surface area contributed by atoms with Crippen LogP contribution in [0.1, 0.15) is 20.8 Å². The topological polar surface area (TPSA) is 81.2 Å². The second kappa shape index (κ2) is 5.85. The van der Waals surface area contributed by atoms with Crippen molar-refractivity contribution in [3.63, 3.8) is 0 Å². The lowest BCUT2D eigenvalue weighted by Gasteiger charge is -2.33. The molecule has 0 aliphatic rings. The Hall–Kier alpha value is -1.18. The van der Waals surface area contributed by atoms with E-state index in [1.807, 2.05) is 20.8 Å². The van der Waals surface area contributed by atoms with Crippen molar-refractivity contribution in [3.8, 4) is 0 Å². The zero-order chi connectivity index (χ0) is 14.7. The Morgan fingerprint density at radius 3 is 2.63 bits per heavy atom. The smallest absolute Gasteiger partial charge is 0.246 e. The fourth-order valence-corrected chi connectivity index (χ4v) is 3.42. The Balaban J connectivity index is 3.15. The maximum absolute atomic E-state index is 12.6. The number of nitrogens with zero attached hydrogens (tertiary/aromatic N) is 3. The third kappa shape index (κ3) is 3.65. The Bertz CT molecular complexity index is 528. The third-order valence-electron chi connectivity index (χ3n) is 2.60. The lowest BCUT2D eigenvalue weighted by Crippen LogP contribution is -2.45. The summed E-state index contributed by atoms with van der Waals surface area (Å²) >= 11 is 0. The zero-order valence-electron chi connectivity index (χ0n) is 11.7. The van der Waals surface area contributed by atoms with Crippen molar-refractivity contribution in [2.45, 2.75) is 37.8 Å². The fourth-order valence-electron chi connectivity index (χ4n) is 1.71. The van der Waals surface area contributed by atoms with Crippen LogP contribution in [0, 0.1) is 0 Å². The van der Waals surface area contributed by atoms with E-state index in [1.165, 1.54) is 21.4 Å². The molecule has 0 saturated heterocycles. The monoisotopic (exact) mass is 286 g/mol. The summed E-state index contributed by atoms with van der Waals surface area (Å²) in [5.41, 5.74) is 4.90. The van der Waals surface area contributed by atoms with Gasteiger partial charge in [0.05, 0.1) is 12.7 Å². The van der Waals surface area contributed by atoms with Crippen LogP contribution in [0.4, 0.5) is 0 Å². The summed E-state index contributed by atoms with van der Waals surface area (Å²) in [5, 5.41) is 4.00. The van der Waals surface area contributed by atoms with Gasteiger partial charge < -0.3 is 5.73 Å². The molecule has 0 bridgehead atoms. The highest BCUT2D eigenvalue weighted by molar-refractivity contribution is 7.89. The molecule has 0 aliphatic carbocycles. The first-order valence-electron chi connectivity index (χ1n) is 6.09. The predicted molar refractivity (Wildman–Crippen MR) is 75.1 cm³/mol. The molecule has 0 amide bonds. The molecule has 1 aromatic heterocycles. The summed E-state index contributed by atoms with van der Waals surface area (Å²) in [7, 11) is -3.58.